The molecule has 56 valence electrons. The Morgan fingerprint density at radius 3 is 3.00 bits per heavy atom. The molecule has 2 rings (SSSR count). The van der Waals surface area contributed by atoms with Crippen LogP contribution in [0.25, 0.3) is 6.08 Å². The Labute approximate surface area is 75.1 Å². The molecule has 0 spiro atoms. The Hall–Kier alpha value is -0.560. The third-order valence-corrected chi connectivity index (χ3v) is 2.64. The molecule has 1 aliphatic carbocycles. The lowest BCUT2D eigenvalue weighted by molar-refractivity contribution is 1.27. The fraction of sp³-hybridized carbons (Fsp3) is 0.200. The highest BCUT2D eigenvalue weighted by atomic mass is 79.9. The minimum atomic E-state index is 1.09. The van der Waals surface area contributed by atoms with Crippen LogP contribution in [0.1, 0.15) is 16.7 Å². The number of fused-ring (bicyclic) bond motifs is 1. The predicted octanol–water partition coefficient (Wildman–Crippen LogP) is 3.33. The van der Waals surface area contributed by atoms with Crippen molar-refractivity contribution in [1.29, 1.82) is 0 Å². The largest absolute Gasteiger partial charge is 0.0795 e. The maximum absolute atomic E-state index is 3.55. The Morgan fingerprint density at radius 1 is 1.36 bits per heavy atom. The third kappa shape index (κ3) is 1.14. The van der Waals surface area contributed by atoms with Crippen LogP contribution in [0.3, 0.4) is 0 Å². The van der Waals surface area contributed by atoms with Gasteiger partial charge in [-0.2, -0.15) is 0 Å². The van der Waals surface area contributed by atoms with E-state index in [-0.39, 0.29) is 0 Å². The molecule has 1 aromatic carbocycles. The molecule has 1 heteroatoms. The van der Waals surface area contributed by atoms with Gasteiger partial charge in [0.2, 0.25) is 0 Å². The van der Waals surface area contributed by atoms with E-state index in [2.05, 4.69) is 47.1 Å². The SMILES string of the molecule is Cc1cc(Br)c2c(c1)CC=C2. The molecule has 0 aliphatic heterocycles. The van der Waals surface area contributed by atoms with Crippen molar-refractivity contribution in [2.24, 2.45) is 0 Å². The molecule has 0 amide bonds. The van der Waals surface area contributed by atoms with Crippen molar-refractivity contribution in [3.05, 3.63) is 39.4 Å². The van der Waals surface area contributed by atoms with Crippen LogP contribution < -0.4 is 0 Å². The van der Waals surface area contributed by atoms with E-state index in [1.165, 1.54) is 21.2 Å². The molecule has 0 nitrogen and oxygen atoms in total. The van der Waals surface area contributed by atoms with E-state index in [0.29, 0.717) is 0 Å². The summed E-state index contributed by atoms with van der Waals surface area (Å²) >= 11 is 3.55. The van der Waals surface area contributed by atoms with Gasteiger partial charge < -0.3 is 0 Å². The minimum absolute atomic E-state index is 1.09. The van der Waals surface area contributed by atoms with Gasteiger partial charge in [-0.05, 0) is 36.1 Å². The molecule has 0 unspecified atom stereocenters. The molecule has 0 saturated heterocycles. The molecule has 0 radical (unpaired) electrons. The van der Waals surface area contributed by atoms with Crippen molar-refractivity contribution < 1.29 is 0 Å². The summed E-state index contributed by atoms with van der Waals surface area (Å²) in [6, 6.07) is 4.41. The number of halogens is 1. The second-order valence-corrected chi connectivity index (χ2v) is 3.78. The van der Waals surface area contributed by atoms with E-state index in [1.54, 1.807) is 0 Å². The van der Waals surface area contributed by atoms with E-state index in [9.17, 15) is 0 Å². The van der Waals surface area contributed by atoms with Gasteiger partial charge in [-0.25, -0.2) is 0 Å². The van der Waals surface area contributed by atoms with Gasteiger partial charge >= 0.3 is 0 Å². The van der Waals surface area contributed by atoms with Crippen molar-refractivity contribution >= 4 is 22.0 Å². The number of hydrogen-bond donors (Lipinski definition) is 0. The molecule has 1 aliphatic rings. The van der Waals surface area contributed by atoms with Gasteiger partial charge in [-0.1, -0.05) is 34.1 Å². The molecule has 0 bridgehead atoms. The lowest BCUT2D eigenvalue weighted by Crippen LogP contribution is -1.84. The normalized spacial score (nSPS) is 13.6. The second-order valence-electron chi connectivity index (χ2n) is 2.93. The van der Waals surface area contributed by atoms with Crippen LogP contribution in [-0.2, 0) is 6.42 Å². The first-order valence-corrected chi connectivity index (χ1v) is 4.52. The highest BCUT2D eigenvalue weighted by molar-refractivity contribution is 9.10. The van der Waals surface area contributed by atoms with E-state index in [1.807, 2.05) is 0 Å². The molecule has 0 N–H and O–H groups in total. The number of hydrogen-bond acceptors (Lipinski definition) is 0. The van der Waals surface area contributed by atoms with Crippen molar-refractivity contribution in [3.8, 4) is 0 Å². The number of benzene rings is 1. The summed E-state index contributed by atoms with van der Waals surface area (Å²) in [6.07, 6.45) is 5.48. The van der Waals surface area contributed by atoms with Gasteiger partial charge in [0, 0.05) is 4.47 Å². The summed E-state index contributed by atoms with van der Waals surface area (Å²) in [5, 5.41) is 0. The van der Waals surface area contributed by atoms with Crippen molar-refractivity contribution in [1.82, 2.24) is 0 Å². The number of rotatable bonds is 0. The summed E-state index contributed by atoms with van der Waals surface area (Å²) in [4.78, 5) is 0. The number of allylic oxidation sites excluding steroid dienone is 1. The lowest BCUT2D eigenvalue weighted by Gasteiger charge is -2.02. The van der Waals surface area contributed by atoms with Crippen molar-refractivity contribution in [3.63, 3.8) is 0 Å². The van der Waals surface area contributed by atoms with Crippen LogP contribution in [0.4, 0.5) is 0 Å². The van der Waals surface area contributed by atoms with Crippen LogP contribution >= 0.6 is 15.9 Å². The highest BCUT2D eigenvalue weighted by Gasteiger charge is 2.08. The van der Waals surface area contributed by atoms with E-state index in [4.69, 9.17) is 0 Å². The molecule has 0 heterocycles. The van der Waals surface area contributed by atoms with Crippen molar-refractivity contribution in [2.75, 3.05) is 0 Å². The van der Waals surface area contributed by atoms with E-state index < -0.39 is 0 Å². The fourth-order valence-corrected chi connectivity index (χ4v) is 2.23. The van der Waals surface area contributed by atoms with Crippen LogP contribution in [0.2, 0.25) is 0 Å². The highest BCUT2D eigenvalue weighted by Crippen LogP contribution is 2.28. The van der Waals surface area contributed by atoms with Crippen LogP contribution in [0, 0.1) is 6.92 Å². The van der Waals surface area contributed by atoms with E-state index >= 15 is 0 Å². The monoisotopic (exact) mass is 208 g/mol. The third-order valence-electron chi connectivity index (χ3n) is 1.98. The predicted molar refractivity (Wildman–Crippen MR) is 51.6 cm³/mol. The first kappa shape index (κ1) is 7.11. The van der Waals surface area contributed by atoms with Gasteiger partial charge in [0.05, 0.1) is 0 Å². The maximum Gasteiger partial charge on any atom is 0.0253 e. The van der Waals surface area contributed by atoms with Crippen LogP contribution in [0.15, 0.2) is 22.7 Å². The zero-order valence-electron chi connectivity index (χ0n) is 6.39. The smallest absolute Gasteiger partial charge is 0.0253 e. The Bertz CT molecular complexity index is 324. The van der Waals surface area contributed by atoms with E-state index in [0.717, 1.165) is 6.42 Å². The molecular weight excluding hydrogens is 200 g/mol. The van der Waals surface area contributed by atoms with Crippen LogP contribution in [0.5, 0.6) is 0 Å². The molecule has 0 saturated carbocycles. The first-order valence-electron chi connectivity index (χ1n) is 3.73. The first-order chi connectivity index (χ1) is 5.27. The average Bonchev–Trinajstić information content (AvgIpc) is 2.34. The summed E-state index contributed by atoms with van der Waals surface area (Å²) in [5.41, 5.74) is 4.13. The minimum Gasteiger partial charge on any atom is -0.0795 e. The van der Waals surface area contributed by atoms with Gasteiger partial charge in [0.25, 0.3) is 0 Å². The Balaban J connectivity index is 2.67. The molecular formula is C10H9Br. The molecule has 0 atom stereocenters. The van der Waals surface area contributed by atoms with Gasteiger partial charge in [-0.3, -0.25) is 0 Å². The standard InChI is InChI=1S/C10H9Br/c1-7-5-8-3-2-4-9(8)10(11)6-7/h2,4-6H,3H2,1H3. The Morgan fingerprint density at radius 2 is 2.18 bits per heavy atom. The Kier molecular flexibility index (Phi) is 1.61. The summed E-state index contributed by atoms with van der Waals surface area (Å²) in [7, 11) is 0. The molecule has 0 aromatic heterocycles. The zero-order chi connectivity index (χ0) is 7.84. The lowest BCUT2D eigenvalue weighted by atomic mass is 10.1. The van der Waals surface area contributed by atoms with Crippen LogP contribution in [-0.4, -0.2) is 0 Å². The van der Waals surface area contributed by atoms with Crippen molar-refractivity contribution in [2.45, 2.75) is 13.3 Å². The maximum atomic E-state index is 3.55. The number of aryl methyl sites for hydroxylation is 1. The fourth-order valence-electron chi connectivity index (χ4n) is 1.48. The van der Waals surface area contributed by atoms with Gasteiger partial charge in [-0.15, -0.1) is 0 Å². The molecule has 11 heavy (non-hydrogen) atoms. The van der Waals surface area contributed by atoms with Gasteiger partial charge in [0.15, 0.2) is 0 Å². The zero-order valence-corrected chi connectivity index (χ0v) is 7.98. The summed E-state index contributed by atoms with van der Waals surface area (Å²) in [6.45, 7) is 2.13. The topological polar surface area (TPSA) is 0 Å². The molecule has 1 aromatic rings. The second kappa shape index (κ2) is 2.49. The summed E-state index contributed by atoms with van der Waals surface area (Å²) < 4.78 is 1.22. The average molecular weight is 209 g/mol. The quantitative estimate of drug-likeness (QED) is 0.614. The molecule has 0 fully saturated rings. The van der Waals surface area contributed by atoms with Gasteiger partial charge in [0.1, 0.15) is 0 Å². The summed E-state index contributed by atoms with van der Waals surface area (Å²) in [5.74, 6) is 0.